The number of nitrogens with zero attached hydrogens (tertiary/aromatic N) is 1. The van der Waals surface area contributed by atoms with Gasteiger partial charge in [-0.25, -0.2) is 9.78 Å². The van der Waals surface area contributed by atoms with E-state index in [4.69, 9.17) is 5.11 Å². The van der Waals surface area contributed by atoms with Gasteiger partial charge in [-0.1, -0.05) is 44.2 Å². The minimum Gasteiger partial charge on any atom is -0.481 e. The van der Waals surface area contributed by atoms with Gasteiger partial charge in [-0.15, -0.1) is 11.3 Å². The standard InChI is InChI=1S/C18H23N3O3S/c1-12(2)16-17(25-11-19-16)21-18(24)20-14(8-9-15(22)23)10-13-6-4-3-5-7-13/h3-7,11-12,14H,8-10H2,1-2H3,(H,22,23)(H2,20,21,24). The van der Waals surface area contributed by atoms with Gasteiger partial charge in [-0.05, 0) is 24.3 Å². The van der Waals surface area contributed by atoms with Crippen LogP contribution in [0.4, 0.5) is 9.80 Å². The van der Waals surface area contributed by atoms with Crippen molar-refractivity contribution in [2.45, 2.75) is 45.1 Å². The molecule has 0 aliphatic carbocycles. The van der Waals surface area contributed by atoms with Crippen molar-refractivity contribution in [3.63, 3.8) is 0 Å². The van der Waals surface area contributed by atoms with Crippen LogP contribution in [0.1, 0.15) is 43.9 Å². The molecule has 2 aromatic rings. The van der Waals surface area contributed by atoms with Gasteiger partial charge in [0.1, 0.15) is 5.00 Å². The lowest BCUT2D eigenvalue weighted by molar-refractivity contribution is -0.137. The highest BCUT2D eigenvalue weighted by molar-refractivity contribution is 7.14. The molecule has 1 unspecified atom stereocenters. The third-order valence-corrected chi connectivity index (χ3v) is 4.49. The number of carboxylic acid groups (broad SMARTS) is 1. The van der Waals surface area contributed by atoms with E-state index in [1.807, 2.05) is 44.2 Å². The van der Waals surface area contributed by atoms with Gasteiger partial charge in [0.2, 0.25) is 0 Å². The normalized spacial score (nSPS) is 12.0. The zero-order valence-electron chi connectivity index (χ0n) is 14.4. The number of anilines is 1. The van der Waals surface area contributed by atoms with Crippen molar-refractivity contribution in [3.8, 4) is 0 Å². The van der Waals surface area contributed by atoms with Crippen LogP contribution in [0.5, 0.6) is 0 Å². The second-order valence-corrected chi connectivity index (χ2v) is 6.99. The van der Waals surface area contributed by atoms with Crippen LogP contribution in [0, 0.1) is 0 Å². The lowest BCUT2D eigenvalue weighted by atomic mass is 10.0. The van der Waals surface area contributed by atoms with E-state index in [1.54, 1.807) is 5.51 Å². The number of nitrogens with one attached hydrogen (secondary N) is 2. The van der Waals surface area contributed by atoms with Crippen LogP contribution >= 0.6 is 11.3 Å². The van der Waals surface area contributed by atoms with Crippen molar-refractivity contribution in [3.05, 3.63) is 47.1 Å². The molecule has 3 N–H and O–H groups in total. The number of benzene rings is 1. The largest absolute Gasteiger partial charge is 0.481 e. The third kappa shape index (κ3) is 6.19. The quantitative estimate of drug-likeness (QED) is 0.666. The minimum absolute atomic E-state index is 0.00951. The smallest absolute Gasteiger partial charge is 0.320 e. The molecular formula is C18H23N3O3S. The first kappa shape index (κ1) is 18.9. The van der Waals surface area contributed by atoms with Crippen LogP contribution in [0.2, 0.25) is 0 Å². The van der Waals surface area contributed by atoms with Gasteiger partial charge in [0.15, 0.2) is 0 Å². The highest BCUT2D eigenvalue weighted by Gasteiger charge is 2.17. The third-order valence-electron chi connectivity index (χ3n) is 3.74. The molecule has 1 aromatic carbocycles. The summed E-state index contributed by atoms with van der Waals surface area (Å²) in [5.41, 5.74) is 3.61. The zero-order valence-corrected chi connectivity index (χ0v) is 15.2. The zero-order chi connectivity index (χ0) is 18.2. The van der Waals surface area contributed by atoms with Gasteiger partial charge in [0.25, 0.3) is 0 Å². The molecule has 1 heterocycles. The topological polar surface area (TPSA) is 91.3 Å². The molecule has 0 aliphatic rings. The lowest BCUT2D eigenvalue weighted by Gasteiger charge is -2.19. The summed E-state index contributed by atoms with van der Waals surface area (Å²) in [6, 6.07) is 9.12. The van der Waals surface area contributed by atoms with E-state index in [0.717, 1.165) is 16.3 Å². The molecule has 2 amide bonds. The fourth-order valence-electron chi connectivity index (χ4n) is 2.51. The molecule has 0 bridgehead atoms. The molecule has 0 fully saturated rings. The van der Waals surface area contributed by atoms with E-state index < -0.39 is 5.97 Å². The molecular weight excluding hydrogens is 338 g/mol. The monoisotopic (exact) mass is 361 g/mol. The number of carboxylic acids is 1. The number of rotatable bonds is 8. The summed E-state index contributed by atoms with van der Waals surface area (Å²) in [6.45, 7) is 4.03. The predicted molar refractivity (Wildman–Crippen MR) is 99.2 cm³/mol. The molecule has 1 aromatic heterocycles. The summed E-state index contributed by atoms with van der Waals surface area (Å²) < 4.78 is 0. The number of aliphatic carboxylic acids is 1. The van der Waals surface area contributed by atoms with E-state index >= 15 is 0 Å². The Bertz CT molecular complexity index is 701. The fraction of sp³-hybridized carbons (Fsp3) is 0.389. The highest BCUT2D eigenvalue weighted by Crippen LogP contribution is 2.26. The number of thiazole rings is 1. The van der Waals surface area contributed by atoms with E-state index in [-0.39, 0.29) is 24.4 Å². The molecule has 25 heavy (non-hydrogen) atoms. The van der Waals surface area contributed by atoms with E-state index in [2.05, 4.69) is 15.6 Å². The molecule has 1 atom stereocenters. The summed E-state index contributed by atoms with van der Waals surface area (Å²) in [4.78, 5) is 27.5. The summed E-state index contributed by atoms with van der Waals surface area (Å²) in [5.74, 6) is -0.654. The average molecular weight is 361 g/mol. The Hall–Kier alpha value is -2.41. The Labute approximate surface area is 151 Å². The Kier molecular flexibility index (Phi) is 6.94. The van der Waals surface area contributed by atoms with Gasteiger partial charge in [0, 0.05) is 12.5 Å². The van der Waals surface area contributed by atoms with Crippen molar-refractivity contribution < 1.29 is 14.7 Å². The maximum Gasteiger partial charge on any atom is 0.320 e. The molecule has 0 saturated carbocycles. The number of hydrogen-bond acceptors (Lipinski definition) is 4. The number of carbonyl (C=O) groups is 2. The number of hydrogen-bond donors (Lipinski definition) is 3. The van der Waals surface area contributed by atoms with Gasteiger partial charge in [0.05, 0.1) is 11.2 Å². The van der Waals surface area contributed by atoms with Gasteiger partial charge in [-0.2, -0.15) is 0 Å². The van der Waals surface area contributed by atoms with Crippen molar-refractivity contribution in [2.75, 3.05) is 5.32 Å². The van der Waals surface area contributed by atoms with Crippen LogP contribution < -0.4 is 10.6 Å². The van der Waals surface area contributed by atoms with Gasteiger partial charge in [-0.3, -0.25) is 10.1 Å². The molecule has 2 rings (SSSR count). The molecule has 0 saturated heterocycles. The van der Waals surface area contributed by atoms with Crippen LogP contribution in [-0.2, 0) is 11.2 Å². The average Bonchev–Trinajstić information content (AvgIpc) is 3.01. The van der Waals surface area contributed by atoms with Crippen LogP contribution in [0.25, 0.3) is 0 Å². The molecule has 0 radical (unpaired) electrons. The minimum atomic E-state index is -0.871. The summed E-state index contributed by atoms with van der Waals surface area (Å²) in [6.07, 6.45) is 0.966. The van der Waals surface area contributed by atoms with E-state index in [0.29, 0.717) is 12.8 Å². The first-order chi connectivity index (χ1) is 12.0. The summed E-state index contributed by atoms with van der Waals surface area (Å²) in [5, 5.41) is 15.4. The molecule has 0 spiro atoms. The Balaban J connectivity index is 2.00. The summed E-state index contributed by atoms with van der Waals surface area (Å²) in [7, 11) is 0. The lowest BCUT2D eigenvalue weighted by Crippen LogP contribution is -2.39. The van der Waals surface area contributed by atoms with E-state index in [1.165, 1.54) is 11.3 Å². The van der Waals surface area contributed by atoms with Gasteiger partial charge < -0.3 is 10.4 Å². The number of aromatic nitrogens is 1. The van der Waals surface area contributed by atoms with Crippen LogP contribution in [-0.4, -0.2) is 28.1 Å². The van der Waals surface area contributed by atoms with Crippen LogP contribution in [0.3, 0.4) is 0 Å². The number of amides is 2. The first-order valence-electron chi connectivity index (χ1n) is 8.22. The van der Waals surface area contributed by atoms with Crippen LogP contribution in [0.15, 0.2) is 35.8 Å². The maximum atomic E-state index is 12.3. The fourth-order valence-corrected chi connectivity index (χ4v) is 3.34. The maximum absolute atomic E-state index is 12.3. The van der Waals surface area contributed by atoms with Crippen molar-refractivity contribution >= 4 is 28.3 Å². The molecule has 134 valence electrons. The van der Waals surface area contributed by atoms with E-state index in [9.17, 15) is 9.59 Å². The van der Waals surface area contributed by atoms with Gasteiger partial charge >= 0.3 is 12.0 Å². The molecule has 7 heteroatoms. The van der Waals surface area contributed by atoms with Crippen molar-refractivity contribution in [2.24, 2.45) is 0 Å². The SMILES string of the molecule is CC(C)c1ncsc1NC(=O)NC(CCC(=O)O)Cc1ccccc1. The second kappa shape index (κ2) is 9.17. The predicted octanol–water partition coefficient (Wildman–Crippen LogP) is 3.86. The molecule has 0 aliphatic heterocycles. The number of urea groups is 1. The first-order valence-corrected chi connectivity index (χ1v) is 9.10. The second-order valence-electron chi connectivity index (χ2n) is 6.14. The Morgan fingerprint density at radius 2 is 1.96 bits per heavy atom. The Morgan fingerprint density at radius 3 is 2.60 bits per heavy atom. The summed E-state index contributed by atoms with van der Waals surface area (Å²) >= 11 is 1.38. The Morgan fingerprint density at radius 1 is 1.24 bits per heavy atom. The van der Waals surface area contributed by atoms with Crippen molar-refractivity contribution in [1.82, 2.24) is 10.3 Å². The molecule has 6 nitrogen and oxygen atoms in total. The highest BCUT2D eigenvalue weighted by atomic mass is 32.1. The van der Waals surface area contributed by atoms with Crippen molar-refractivity contribution in [1.29, 1.82) is 0 Å². The number of carbonyl (C=O) groups excluding carboxylic acids is 1.